The Morgan fingerprint density at radius 1 is 1.32 bits per heavy atom. The van der Waals surface area contributed by atoms with Gasteiger partial charge in [0, 0.05) is 19.7 Å². The van der Waals surface area contributed by atoms with E-state index in [0.717, 1.165) is 30.4 Å². The number of aliphatic carboxylic acids is 1. The van der Waals surface area contributed by atoms with Gasteiger partial charge in [0.25, 0.3) is 0 Å². The van der Waals surface area contributed by atoms with E-state index in [4.69, 9.17) is 4.74 Å². The second kappa shape index (κ2) is 7.94. The minimum Gasteiger partial charge on any atom is -0.481 e. The third-order valence-corrected chi connectivity index (χ3v) is 3.96. The molecule has 1 aromatic carbocycles. The highest BCUT2D eigenvalue weighted by Crippen LogP contribution is 2.28. The molecule has 0 aromatic heterocycles. The third kappa shape index (κ3) is 4.07. The lowest BCUT2D eigenvalue weighted by Crippen LogP contribution is -2.42. The molecule has 0 fully saturated rings. The normalized spacial score (nSPS) is 17.1. The van der Waals surface area contributed by atoms with Crippen molar-refractivity contribution < 1.29 is 19.4 Å². The fourth-order valence-corrected chi connectivity index (χ4v) is 2.71. The number of ether oxygens (including phenoxy) is 1. The van der Waals surface area contributed by atoms with Gasteiger partial charge in [0.15, 0.2) is 0 Å². The van der Waals surface area contributed by atoms with E-state index in [1.54, 1.807) is 4.90 Å². The molecule has 1 atom stereocenters. The molecular weight excluding hydrogens is 282 g/mol. The van der Waals surface area contributed by atoms with E-state index >= 15 is 0 Å². The Hall–Kier alpha value is -1.88. The third-order valence-electron chi connectivity index (χ3n) is 3.96. The quantitative estimate of drug-likeness (QED) is 0.786. The Morgan fingerprint density at radius 3 is 2.82 bits per heavy atom. The van der Waals surface area contributed by atoms with E-state index in [2.05, 4.69) is 6.92 Å². The maximum atomic E-state index is 12.2. The van der Waals surface area contributed by atoms with Gasteiger partial charge in [-0.05, 0) is 17.5 Å². The SMILES string of the molecule is CCCCCOCC(=O)N1Cc2ccccc2C(C(=O)O)C1. The monoisotopic (exact) mass is 305 g/mol. The van der Waals surface area contributed by atoms with Gasteiger partial charge in [-0.2, -0.15) is 0 Å². The summed E-state index contributed by atoms with van der Waals surface area (Å²) in [7, 11) is 0. The van der Waals surface area contributed by atoms with Crippen LogP contribution in [0.5, 0.6) is 0 Å². The predicted octanol–water partition coefficient (Wildman–Crippen LogP) is 2.40. The van der Waals surface area contributed by atoms with Crippen molar-refractivity contribution in [2.24, 2.45) is 0 Å². The molecule has 1 aromatic rings. The number of fused-ring (bicyclic) bond motifs is 1. The first-order valence-corrected chi connectivity index (χ1v) is 7.79. The minimum absolute atomic E-state index is 0.0260. The highest BCUT2D eigenvalue weighted by atomic mass is 16.5. The lowest BCUT2D eigenvalue weighted by Gasteiger charge is -2.32. The van der Waals surface area contributed by atoms with Crippen LogP contribution >= 0.6 is 0 Å². The molecule has 0 saturated carbocycles. The molecule has 1 aliphatic heterocycles. The maximum Gasteiger partial charge on any atom is 0.312 e. The number of carboxylic acid groups (broad SMARTS) is 1. The number of nitrogens with zero attached hydrogens (tertiary/aromatic N) is 1. The Balaban J connectivity index is 1.96. The van der Waals surface area contributed by atoms with Crippen molar-refractivity contribution in [1.82, 2.24) is 4.90 Å². The number of hydrogen-bond acceptors (Lipinski definition) is 3. The Kier molecular flexibility index (Phi) is 5.95. The highest BCUT2D eigenvalue weighted by Gasteiger charge is 2.32. The summed E-state index contributed by atoms with van der Waals surface area (Å²) in [6.45, 7) is 3.38. The van der Waals surface area contributed by atoms with Crippen LogP contribution in [0.4, 0.5) is 0 Å². The molecule has 1 amide bonds. The molecule has 1 N–H and O–H groups in total. The average molecular weight is 305 g/mol. The number of hydrogen-bond donors (Lipinski definition) is 1. The van der Waals surface area contributed by atoms with Crippen molar-refractivity contribution in [3.63, 3.8) is 0 Å². The van der Waals surface area contributed by atoms with Gasteiger partial charge >= 0.3 is 5.97 Å². The number of benzene rings is 1. The summed E-state index contributed by atoms with van der Waals surface area (Å²) < 4.78 is 5.40. The van der Waals surface area contributed by atoms with Crippen molar-refractivity contribution in [3.05, 3.63) is 35.4 Å². The predicted molar refractivity (Wildman–Crippen MR) is 82.6 cm³/mol. The van der Waals surface area contributed by atoms with E-state index in [9.17, 15) is 14.7 Å². The summed E-state index contributed by atoms with van der Waals surface area (Å²) in [6, 6.07) is 7.42. The van der Waals surface area contributed by atoms with Crippen LogP contribution in [-0.4, -0.2) is 41.6 Å². The van der Waals surface area contributed by atoms with Crippen molar-refractivity contribution >= 4 is 11.9 Å². The average Bonchev–Trinajstić information content (AvgIpc) is 2.53. The van der Waals surface area contributed by atoms with Gasteiger partial charge in [-0.25, -0.2) is 0 Å². The molecular formula is C17H23NO4. The van der Waals surface area contributed by atoms with Crippen LogP contribution in [0.25, 0.3) is 0 Å². The molecule has 0 radical (unpaired) electrons. The van der Waals surface area contributed by atoms with Gasteiger partial charge < -0.3 is 14.7 Å². The van der Waals surface area contributed by atoms with Crippen molar-refractivity contribution in [2.75, 3.05) is 19.8 Å². The zero-order valence-corrected chi connectivity index (χ0v) is 13.0. The molecule has 5 nitrogen and oxygen atoms in total. The molecule has 0 spiro atoms. The van der Waals surface area contributed by atoms with Crippen LogP contribution in [-0.2, 0) is 20.9 Å². The zero-order valence-electron chi connectivity index (χ0n) is 13.0. The van der Waals surface area contributed by atoms with Crippen molar-refractivity contribution in [1.29, 1.82) is 0 Å². The van der Waals surface area contributed by atoms with Crippen LogP contribution in [0.1, 0.15) is 43.2 Å². The number of rotatable bonds is 7. The van der Waals surface area contributed by atoms with E-state index < -0.39 is 11.9 Å². The van der Waals surface area contributed by atoms with E-state index in [1.165, 1.54) is 0 Å². The van der Waals surface area contributed by atoms with E-state index in [1.807, 2.05) is 24.3 Å². The van der Waals surface area contributed by atoms with Gasteiger partial charge in [-0.1, -0.05) is 44.0 Å². The van der Waals surface area contributed by atoms with Gasteiger partial charge in [-0.15, -0.1) is 0 Å². The number of amides is 1. The first kappa shape index (κ1) is 16.5. The van der Waals surface area contributed by atoms with Gasteiger partial charge in [0.2, 0.25) is 5.91 Å². The fourth-order valence-electron chi connectivity index (χ4n) is 2.71. The number of unbranched alkanes of at least 4 members (excludes halogenated alkanes) is 2. The first-order chi connectivity index (χ1) is 10.6. The molecule has 0 bridgehead atoms. The minimum atomic E-state index is -0.895. The molecule has 1 aliphatic rings. The summed E-state index contributed by atoms with van der Waals surface area (Å²) in [5.41, 5.74) is 1.71. The topological polar surface area (TPSA) is 66.8 Å². The summed E-state index contributed by atoms with van der Waals surface area (Å²) in [5, 5.41) is 9.39. The molecule has 1 heterocycles. The zero-order chi connectivity index (χ0) is 15.9. The van der Waals surface area contributed by atoms with Crippen LogP contribution in [0.3, 0.4) is 0 Å². The largest absolute Gasteiger partial charge is 0.481 e. The van der Waals surface area contributed by atoms with Gasteiger partial charge in [0.05, 0.1) is 5.92 Å². The molecule has 0 aliphatic carbocycles. The van der Waals surface area contributed by atoms with E-state index in [-0.39, 0.29) is 19.1 Å². The number of carbonyl (C=O) groups excluding carboxylic acids is 1. The smallest absolute Gasteiger partial charge is 0.312 e. The van der Waals surface area contributed by atoms with Gasteiger partial charge in [-0.3, -0.25) is 9.59 Å². The molecule has 5 heteroatoms. The number of carbonyl (C=O) groups is 2. The highest BCUT2D eigenvalue weighted by molar-refractivity contribution is 5.82. The molecule has 1 unspecified atom stereocenters. The Morgan fingerprint density at radius 2 is 2.09 bits per heavy atom. The molecule has 22 heavy (non-hydrogen) atoms. The lowest BCUT2D eigenvalue weighted by atomic mass is 9.90. The maximum absolute atomic E-state index is 12.2. The van der Waals surface area contributed by atoms with E-state index in [0.29, 0.717) is 13.2 Å². The summed E-state index contributed by atoms with van der Waals surface area (Å²) in [6.07, 6.45) is 3.15. The van der Waals surface area contributed by atoms with Crippen LogP contribution < -0.4 is 0 Å². The van der Waals surface area contributed by atoms with Crippen LogP contribution in [0, 0.1) is 0 Å². The fraction of sp³-hybridized carbons (Fsp3) is 0.529. The van der Waals surface area contributed by atoms with Crippen molar-refractivity contribution in [2.45, 2.75) is 38.6 Å². The van der Waals surface area contributed by atoms with Gasteiger partial charge in [0.1, 0.15) is 6.61 Å². The van der Waals surface area contributed by atoms with Crippen LogP contribution in [0.2, 0.25) is 0 Å². The van der Waals surface area contributed by atoms with Crippen molar-refractivity contribution in [3.8, 4) is 0 Å². The molecule has 2 rings (SSSR count). The second-order valence-electron chi connectivity index (χ2n) is 5.62. The molecule has 0 saturated heterocycles. The summed E-state index contributed by atoms with van der Waals surface area (Å²) in [4.78, 5) is 25.2. The Labute approximate surface area is 130 Å². The lowest BCUT2D eigenvalue weighted by molar-refractivity contribution is -0.143. The summed E-state index contributed by atoms with van der Waals surface area (Å²) in [5.74, 6) is -1.69. The second-order valence-corrected chi connectivity index (χ2v) is 5.62. The first-order valence-electron chi connectivity index (χ1n) is 7.79. The number of carboxylic acids is 1. The molecule has 120 valence electrons. The summed E-state index contributed by atoms with van der Waals surface area (Å²) >= 11 is 0. The Bertz CT molecular complexity index is 529. The van der Waals surface area contributed by atoms with Crippen LogP contribution in [0.15, 0.2) is 24.3 Å². The standard InChI is InChI=1S/C17H23NO4/c1-2-3-6-9-22-12-16(19)18-10-13-7-4-5-8-14(13)15(11-18)17(20)21/h4-5,7-8,15H,2-3,6,9-12H2,1H3,(H,20,21).